The highest BCUT2D eigenvalue weighted by molar-refractivity contribution is 6.31. The largest absolute Gasteiger partial charge is 0.369 e. The second-order valence-electron chi connectivity index (χ2n) is 5.79. The predicted octanol–water partition coefficient (Wildman–Crippen LogP) is 4.83. The third-order valence-electron chi connectivity index (χ3n) is 3.21. The normalized spacial score (nSPS) is 14.5. The van der Waals surface area contributed by atoms with Crippen molar-refractivity contribution < 1.29 is 4.74 Å². The molecule has 0 saturated carbocycles. The van der Waals surface area contributed by atoms with Crippen molar-refractivity contribution in [1.29, 1.82) is 0 Å². The molecule has 0 aliphatic rings. The molecule has 1 aromatic carbocycles. The van der Waals surface area contributed by atoms with E-state index in [2.05, 4.69) is 39.1 Å². The molecule has 0 amide bonds. The number of ether oxygens (including phenoxy) is 1. The second kappa shape index (κ2) is 9.38. The van der Waals surface area contributed by atoms with Crippen LogP contribution in [0.2, 0.25) is 5.02 Å². The molecule has 3 heteroatoms. The molecule has 0 aliphatic heterocycles. The van der Waals surface area contributed by atoms with Crippen LogP contribution in [0.3, 0.4) is 0 Å². The van der Waals surface area contributed by atoms with Crippen LogP contribution >= 0.6 is 11.6 Å². The van der Waals surface area contributed by atoms with Crippen LogP contribution in [0.15, 0.2) is 24.3 Å². The zero-order valence-electron chi connectivity index (χ0n) is 13.2. The lowest BCUT2D eigenvalue weighted by atomic mass is 10.1. The summed E-state index contributed by atoms with van der Waals surface area (Å²) in [6, 6.07) is 7.97. The van der Waals surface area contributed by atoms with E-state index in [4.69, 9.17) is 16.3 Å². The zero-order valence-corrected chi connectivity index (χ0v) is 13.9. The molecule has 0 radical (unpaired) electrons. The van der Waals surface area contributed by atoms with Crippen LogP contribution < -0.4 is 5.32 Å². The maximum atomic E-state index is 6.31. The van der Waals surface area contributed by atoms with Gasteiger partial charge in [-0.25, -0.2) is 0 Å². The van der Waals surface area contributed by atoms with Gasteiger partial charge < -0.3 is 10.1 Å². The first kappa shape index (κ1) is 17.5. The molecule has 2 nitrogen and oxygen atoms in total. The van der Waals surface area contributed by atoms with E-state index in [0.717, 1.165) is 36.5 Å². The van der Waals surface area contributed by atoms with Gasteiger partial charge in [-0.1, -0.05) is 50.6 Å². The first-order valence-electron chi connectivity index (χ1n) is 7.65. The van der Waals surface area contributed by atoms with E-state index in [1.54, 1.807) is 0 Å². The number of nitrogens with one attached hydrogen (secondary N) is 1. The van der Waals surface area contributed by atoms with E-state index in [0.29, 0.717) is 5.92 Å². The smallest absolute Gasteiger partial charge is 0.0967 e. The summed E-state index contributed by atoms with van der Waals surface area (Å²) in [5, 5.41) is 4.22. The summed E-state index contributed by atoms with van der Waals surface area (Å²) in [6.07, 6.45) is 2.44. The van der Waals surface area contributed by atoms with Crippen molar-refractivity contribution in [1.82, 2.24) is 5.32 Å². The maximum Gasteiger partial charge on any atom is 0.0967 e. The van der Waals surface area contributed by atoms with E-state index in [-0.39, 0.29) is 12.2 Å². The van der Waals surface area contributed by atoms with Gasteiger partial charge in [0.15, 0.2) is 0 Å². The molecule has 0 saturated heterocycles. The van der Waals surface area contributed by atoms with Crippen molar-refractivity contribution in [3.8, 4) is 0 Å². The Morgan fingerprint density at radius 3 is 2.50 bits per heavy atom. The third-order valence-corrected chi connectivity index (χ3v) is 3.55. The van der Waals surface area contributed by atoms with Gasteiger partial charge in [-0.3, -0.25) is 0 Å². The van der Waals surface area contributed by atoms with Crippen LogP contribution in [0.4, 0.5) is 0 Å². The Balaban J connectivity index is 2.72. The lowest BCUT2D eigenvalue weighted by molar-refractivity contribution is -0.0124. The third kappa shape index (κ3) is 6.25. The van der Waals surface area contributed by atoms with Crippen molar-refractivity contribution in [3.05, 3.63) is 34.9 Å². The van der Waals surface area contributed by atoms with Crippen LogP contribution in [0, 0.1) is 5.92 Å². The number of hydrogen-bond acceptors (Lipinski definition) is 2. The van der Waals surface area contributed by atoms with Crippen molar-refractivity contribution in [2.45, 2.75) is 52.7 Å². The summed E-state index contributed by atoms with van der Waals surface area (Å²) in [7, 11) is 0. The van der Waals surface area contributed by atoms with Crippen molar-refractivity contribution in [2.24, 2.45) is 5.92 Å². The van der Waals surface area contributed by atoms with Crippen LogP contribution in [0.1, 0.15) is 52.2 Å². The molecule has 1 N–H and O–H groups in total. The van der Waals surface area contributed by atoms with E-state index in [1.807, 2.05) is 18.2 Å². The highest BCUT2D eigenvalue weighted by Crippen LogP contribution is 2.27. The Bertz CT molecular complexity index is 381. The van der Waals surface area contributed by atoms with Crippen molar-refractivity contribution in [3.63, 3.8) is 0 Å². The van der Waals surface area contributed by atoms with Crippen LogP contribution in [-0.4, -0.2) is 19.2 Å². The molecule has 0 aromatic heterocycles. The summed E-state index contributed by atoms with van der Waals surface area (Å²) in [5.74, 6) is 0.639. The van der Waals surface area contributed by atoms with Crippen molar-refractivity contribution >= 4 is 11.6 Å². The van der Waals surface area contributed by atoms with Gasteiger partial charge in [0.05, 0.1) is 12.2 Å². The minimum atomic E-state index is 0.0176. The monoisotopic (exact) mass is 297 g/mol. The number of halogens is 1. The predicted molar refractivity (Wildman–Crippen MR) is 87.4 cm³/mol. The summed E-state index contributed by atoms with van der Waals surface area (Å²) < 4.78 is 6.23. The molecule has 0 bridgehead atoms. The Morgan fingerprint density at radius 2 is 1.90 bits per heavy atom. The minimum Gasteiger partial charge on any atom is -0.369 e. The second-order valence-corrected chi connectivity index (χ2v) is 6.20. The number of hydrogen-bond donors (Lipinski definition) is 1. The van der Waals surface area contributed by atoms with Gasteiger partial charge in [0.1, 0.15) is 0 Å². The maximum absolute atomic E-state index is 6.31. The van der Waals surface area contributed by atoms with Gasteiger partial charge in [-0.05, 0) is 38.3 Å². The van der Waals surface area contributed by atoms with E-state index in [1.165, 1.54) is 0 Å². The van der Waals surface area contributed by atoms with E-state index >= 15 is 0 Å². The van der Waals surface area contributed by atoms with Crippen LogP contribution in [0.5, 0.6) is 0 Å². The van der Waals surface area contributed by atoms with E-state index < -0.39 is 0 Å². The highest BCUT2D eigenvalue weighted by atomic mass is 35.5. The summed E-state index contributed by atoms with van der Waals surface area (Å²) in [4.78, 5) is 0. The lowest BCUT2D eigenvalue weighted by Gasteiger charge is -2.25. The molecule has 2 atom stereocenters. The van der Waals surface area contributed by atoms with Crippen molar-refractivity contribution in [2.75, 3.05) is 13.1 Å². The zero-order chi connectivity index (χ0) is 15.0. The average molecular weight is 298 g/mol. The number of rotatable bonds is 9. The van der Waals surface area contributed by atoms with Gasteiger partial charge >= 0.3 is 0 Å². The first-order valence-corrected chi connectivity index (χ1v) is 8.03. The molecular weight excluding hydrogens is 270 g/mol. The Morgan fingerprint density at radius 1 is 1.20 bits per heavy atom. The molecule has 114 valence electrons. The van der Waals surface area contributed by atoms with Gasteiger partial charge in [0, 0.05) is 17.1 Å². The number of benzene rings is 1. The molecule has 2 unspecified atom stereocenters. The summed E-state index contributed by atoms with van der Waals surface area (Å²) >= 11 is 6.31. The van der Waals surface area contributed by atoms with Crippen LogP contribution in [-0.2, 0) is 4.74 Å². The van der Waals surface area contributed by atoms with Gasteiger partial charge in [-0.2, -0.15) is 0 Å². The summed E-state index contributed by atoms with van der Waals surface area (Å²) in [6.45, 7) is 10.6. The highest BCUT2D eigenvalue weighted by Gasteiger charge is 2.18. The van der Waals surface area contributed by atoms with E-state index in [9.17, 15) is 0 Å². The fourth-order valence-corrected chi connectivity index (χ4v) is 2.63. The van der Waals surface area contributed by atoms with Gasteiger partial charge in [-0.15, -0.1) is 0 Å². The van der Waals surface area contributed by atoms with Gasteiger partial charge in [0.25, 0.3) is 0 Å². The molecule has 0 spiro atoms. The molecule has 0 heterocycles. The molecule has 1 aromatic rings. The first-order chi connectivity index (χ1) is 9.54. The Hall–Kier alpha value is -0.570. The molecule has 0 aliphatic carbocycles. The SMILES string of the molecule is CCCNCC(OC(C)CC(C)C)c1ccccc1Cl. The fraction of sp³-hybridized carbons (Fsp3) is 0.647. The molecular formula is C17H28ClNO. The van der Waals surface area contributed by atoms with Gasteiger partial charge in [0.2, 0.25) is 0 Å². The Kier molecular flexibility index (Phi) is 8.20. The standard InChI is InChI=1S/C17H28ClNO/c1-5-10-19-12-17(20-14(4)11-13(2)3)15-8-6-7-9-16(15)18/h6-9,13-14,17,19H,5,10-12H2,1-4H3. The molecule has 20 heavy (non-hydrogen) atoms. The van der Waals surface area contributed by atoms with Crippen LogP contribution in [0.25, 0.3) is 0 Å². The topological polar surface area (TPSA) is 21.3 Å². The lowest BCUT2D eigenvalue weighted by Crippen LogP contribution is -2.27. The molecule has 0 fully saturated rings. The summed E-state index contributed by atoms with van der Waals surface area (Å²) in [5.41, 5.74) is 1.08. The minimum absolute atomic E-state index is 0.0176. The average Bonchev–Trinajstić information content (AvgIpc) is 2.37. The Labute approximate surface area is 128 Å². The fourth-order valence-electron chi connectivity index (χ4n) is 2.38. The quantitative estimate of drug-likeness (QED) is 0.659. The molecule has 1 rings (SSSR count).